The molecular formula is C16H21BrO4. The number of carboxylic acids is 1. The van der Waals surface area contributed by atoms with Crippen LogP contribution in [0.25, 0.3) is 0 Å². The van der Waals surface area contributed by atoms with Gasteiger partial charge in [-0.05, 0) is 37.5 Å². The van der Waals surface area contributed by atoms with Gasteiger partial charge in [-0.15, -0.1) is 0 Å². The summed E-state index contributed by atoms with van der Waals surface area (Å²) >= 11 is 3.45. The number of hydrogen-bond acceptors (Lipinski definition) is 3. The summed E-state index contributed by atoms with van der Waals surface area (Å²) in [5.41, 5.74) is 0.733. The molecule has 0 saturated heterocycles. The minimum Gasteiger partial charge on any atom is -0.494 e. The van der Waals surface area contributed by atoms with E-state index in [-0.39, 0.29) is 5.92 Å². The van der Waals surface area contributed by atoms with E-state index in [1.165, 1.54) is 0 Å². The van der Waals surface area contributed by atoms with Crippen molar-refractivity contribution in [3.8, 4) is 5.75 Å². The molecule has 1 aliphatic rings. The number of aliphatic carboxylic acids is 1. The molecule has 5 heteroatoms. The molecule has 2 rings (SSSR count). The molecule has 1 fully saturated rings. The number of benzene rings is 1. The standard InChI is InChI=1S/C16H21BrO4/c1-2-21-10-7-8-13(14(17)9-10)15(18)11-5-3-4-6-12(11)16(19)20/h7-9,11-12,15,18H,2-6H2,1H3,(H,19,20). The Morgan fingerprint density at radius 2 is 2.14 bits per heavy atom. The van der Waals surface area contributed by atoms with E-state index < -0.39 is 18.0 Å². The van der Waals surface area contributed by atoms with Crippen LogP contribution < -0.4 is 4.74 Å². The van der Waals surface area contributed by atoms with Crippen LogP contribution in [0, 0.1) is 11.8 Å². The second-order valence-corrected chi connectivity index (χ2v) is 6.31. The van der Waals surface area contributed by atoms with Crippen LogP contribution in [0.15, 0.2) is 22.7 Å². The molecule has 1 saturated carbocycles. The van der Waals surface area contributed by atoms with Crippen LogP contribution in [0.5, 0.6) is 5.75 Å². The topological polar surface area (TPSA) is 66.8 Å². The summed E-state index contributed by atoms with van der Waals surface area (Å²) in [6, 6.07) is 5.44. The third-order valence-electron chi connectivity index (χ3n) is 4.14. The van der Waals surface area contributed by atoms with E-state index in [1.54, 1.807) is 0 Å². The summed E-state index contributed by atoms with van der Waals surface area (Å²) in [6.07, 6.45) is 2.52. The van der Waals surface area contributed by atoms with Gasteiger partial charge in [0.2, 0.25) is 0 Å². The summed E-state index contributed by atoms with van der Waals surface area (Å²) in [4.78, 5) is 11.4. The minimum atomic E-state index is -0.805. The molecule has 21 heavy (non-hydrogen) atoms. The summed E-state index contributed by atoms with van der Waals surface area (Å²) in [5.74, 6) is -0.766. The smallest absolute Gasteiger partial charge is 0.306 e. The zero-order chi connectivity index (χ0) is 15.4. The van der Waals surface area contributed by atoms with Gasteiger partial charge in [-0.2, -0.15) is 0 Å². The largest absolute Gasteiger partial charge is 0.494 e. The molecule has 3 atom stereocenters. The van der Waals surface area contributed by atoms with Crippen LogP contribution in [0.2, 0.25) is 0 Å². The van der Waals surface area contributed by atoms with Crippen molar-refractivity contribution < 1.29 is 19.7 Å². The lowest BCUT2D eigenvalue weighted by Gasteiger charge is -2.32. The zero-order valence-corrected chi connectivity index (χ0v) is 13.7. The van der Waals surface area contributed by atoms with E-state index in [0.29, 0.717) is 13.0 Å². The molecular weight excluding hydrogens is 336 g/mol. The van der Waals surface area contributed by atoms with Gasteiger partial charge >= 0.3 is 5.97 Å². The second kappa shape index (κ2) is 7.27. The number of hydrogen-bond donors (Lipinski definition) is 2. The second-order valence-electron chi connectivity index (χ2n) is 5.45. The Labute approximate surface area is 133 Å². The predicted molar refractivity (Wildman–Crippen MR) is 83.4 cm³/mol. The summed E-state index contributed by atoms with van der Waals surface area (Å²) in [5, 5.41) is 20.0. The summed E-state index contributed by atoms with van der Waals surface area (Å²) < 4.78 is 6.18. The summed E-state index contributed by atoms with van der Waals surface area (Å²) in [6.45, 7) is 2.49. The van der Waals surface area contributed by atoms with E-state index in [1.807, 2.05) is 25.1 Å². The van der Waals surface area contributed by atoms with E-state index in [4.69, 9.17) is 4.74 Å². The van der Waals surface area contributed by atoms with Crippen LogP contribution in [0.4, 0.5) is 0 Å². The highest BCUT2D eigenvalue weighted by Crippen LogP contribution is 2.41. The number of carboxylic acid groups (broad SMARTS) is 1. The first-order valence-electron chi connectivity index (χ1n) is 7.37. The molecule has 0 aliphatic heterocycles. The molecule has 4 nitrogen and oxygen atoms in total. The Morgan fingerprint density at radius 1 is 1.43 bits per heavy atom. The highest BCUT2D eigenvalue weighted by molar-refractivity contribution is 9.10. The molecule has 1 aliphatic carbocycles. The Balaban J connectivity index is 2.21. The fourth-order valence-corrected chi connectivity index (χ4v) is 3.67. The monoisotopic (exact) mass is 356 g/mol. The number of halogens is 1. The quantitative estimate of drug-likeness (QED) is 0.842. The Hall–Kier alpha value is -1.07. The fraction of sp³-hybridized carbons (Fsp3) is 0.562. The first kappa shape index (κ1) is 16.3. The van der Waals surface area contributed by atoms with Crippen LogP contribution in [0.3, 0.4) is 0 Å². The maximum absolute atomic E-state index is 11.4. The number of aliphatic hydroxyl groups is 1. The van der Waals surface area contributed by atoms with Crippen molar-refractivity contribution in [1.29, 1.82) is 0 Å². The molecule has 0 amide bonds. The van der Waals surface area contributed by atoms with E-state index in [9.17, 15) is 15.0 Å². The van der Waals surface area contributed by atoms with Gasteiger partial charge in [-0.25, -0.2) is 0 Å². The lowest BCUT2D eigenvalue weighted by atomic mass is 9.74. The van der Waals surface area contributed by atoms with Gasteiger partial charge in [0, 0.05) is 10.4 Å². The first-order valence-corrected chi connectivity index (χ1v) is 8.17. The van der Waals surface area contributed by atoms with Gasteiger partial charge < -0.3 is 14.9 Å². The summed E-state index contributed by atoms with van der Waals surface area (Å²) in [7, 11) is 0. The number of ether oxygens (including phenoxy) is 1. The lowest BCUT2D eigenvalue weighted by molar-refractivity contribution is -0.147. The van der Waals surface area contributed by atoms with Crippen molar-refractivity contribution in [3.63, 3.8) is 0 Å². The van der Waals surface area contributed by atoms with E-state index in [2.05, 4.69) is 15.9 Å². The predicted octanol–water partition coefficient (Wildman–Crippen LogP) is 3.77. The maximum Gasteiger partial charge on any atom is 0.306 e. The molecule has 0 bridgehead atoms. The Bertz CT molecular complexity index is 503. The van der Waals surface area contributed by atoms with Crippen LogP contribution in [-0.4, -0.2) is 22.8 Å². The number of aliphatic hydroxyl groups excluding tert-OH is 1. The van der Waals surface area contributed by atoms with Crippen LogP contribution in [-0.2, 0) is 4.79 Å². The highest BCUT2D eigenvalue weighted by Gasteiger charge is 2.36. The fourth-order valence-electron chi connectivity index (χ4n) is 3.08. The molecule has 0 aromatic heterocycles. The Morgan fingerprint density at radius 3 is 2.76 bits per heavy atom. The van der Waals surface area contributed by atoms with Crippen molar-refractivity contribution in [3.05, 3.63) is 28.2 Å². The molecule has 1 aromatic rings. The minimum absolute atomic E-state index is 0.231. The van der Waals surface area contributed by atoms with Gasteiger partial charge in [0.15, 0.2) is 0 Å². The SMILES string of the molecule is CCOc1ccc(C(O)C2CCCCC2C(=O)O)c(Br)c1. The van der Waals surface area contributed by atoms with Crippen molar-refractivity contribution >= 4 is 21.9 Å². The van der Waals surface area contributed by atoms with Gasteiger partial charge in [-0.1, -0.05) is 34.8 Å². The molecule has 116 valence electrons. The molecule has 0 spiro atoms. The van der Waals surface area contributed by atoms with Gasteiger partial charge in [0.05, 0.1) is 18.6 Å². The van der Waals surface area contributed by atoms with Gasteiger partial charge in [0.1, 0.15) is 5.75 Å². The third-order valence-corrected chi connectivity index (χ3v) is 4.83. The first-order chi connectivity index (χ1) is 10.0. The molecule has 2 N–H and O–H groups in total. The molecule has 3 unspecified atom stereocenters. The van der Waals surface area contributed by atoms with Crippen LogP contribution in [0.1, 0.15) is 44.3 Å². The molecule has 0 heterocycles. The lowest BCUT2D eigenvalue weighted by Crippen LogP contribution is -2.31. The van der Waals surface area contributed by atoms with E-state index >= 15 is 0 Å². The zero-order valence-electron chi connectivity index (χ0n) is 12.1. The highest BCUT2D eigenvalue weighted by atomic mass is 79.9. The average Bonchev–Trinajstić information content (AvgIpc) is 2.47. The van der Waals surface area contributed by atoms with Gasteiger partial charge in [-0.3, -0.25) is 4.79 Å². The van der Waals surface area contributed by atoms with Crippen molar-refractivity contribution in [2.45, 2.75) is 38.7 Å². The van der Waals surface area contributed by atoms with Crippen molar-refractivity contribution in [2.24, 2.45) is 11.8 Å². The van der Waals surface area contributed by atoms with Crippen molar-refractivity contribution in [1.82, 2.24) is 0 Å². The van der Waals surface area contributed by atoms with Crippen molar-refractivity contribution in [2.75, 3.05) is 6.61 Å². The number of rotatable bonds is 5. The number of carbonyl (C=O) groups is 1. The molecule has 1 aromatic carbocycles. The maximum atomic E-state index is 11.4. The average molecular weight is 357 g/mol. The molecule has 0 radical (unpaired) electrons. The Kier molecular flexibility index (Phi) is 5.65. The van der Waals surface area contributed by atoms with E-state index in [0.717, 1.165) is 35.0 Å². The van der Waals surface area contributed by atoms with Gasteiger partial charge in [0.25, 0.3) is 0 Å². The normalized spacial score (nSPS) is 23.6. The third kappa shape index (κ3) is 3.77. The van der Waals surface area contributed by atoms with Crippen LogP contribution >= 0.6 is 15.9 Å².